The van der Waals surface area contributed by atoms with Crippen molar-refractivity contribution in [3.05, 3.63) is 30.0 Å². The topological polar surface area (TPSA) is 46.5 Å². The van der Waals surface area contributed by atoms with E-state index in [1.807, 2.05) is 17.0 Å². The lowest BCUT2D eigenvalue weighted by Gasteiger charge is -2.31. The Labute approximate surface area is 173 Å². The zero-order valence-electron chi connectivity index (χ0n) is 16.9. The number of hydrogen-bond acceptors (Lipinski definition) is 3. The Bertz CT molecular complexity index is 813. The Hall–Kier alpha value is -1.72. The molecule has 154 valence electrons. The van der Waals surface area contributed by atoms with Crippen molar-refractivity contribution in [2.75, 3.05) is 26.7 Å². The zero-order valence-corrected chi connectivity index (χ0v) is 17.8. The van der Waals surface area contributed by atoms with Crippen LogP contribution in [-0.2, 0) is 6.54 Å². The lowest BCUT2D eigenvalue weighted by atomic mass is 9.89. The summed E-state index contributed by atoms with van der Waals surface area (Å²) in [4.78, 5) is 15.3. The standard InChI is InChI=1S/C22H31N3O2.ClH/c1-16-13-24(12-11-23-16)22(26)19-15-25(14-17-7-4-3-5-8-17)21-18(19)9-6-10-20(21)27-2;/h6,9-10,15-17,23H,3-5,7-8,11-14H2,1-2H3;1H/t16-;/m1./s1. The van der Waals surface area contributed by atoms with Gasteiger partial charge < -0.3 is 19.5 Å². The van der Waals surface area contributed by atoms with Crippen molar-refractivity contribution in [3.63, 3.8) is 0 Å². The summed E-state index contributed by atoms with van der Waals surface area (Å²) < 4.78 is 7.94. The quantitative estimate of drug-likeness (QED) is 0.833. The normalized spacial score (nSPS) is 20.8. The van der Waals surface area contributed by atoms with Gasteiger partial charge in [0.05, 0.1) is 18.2 Å². The number of halogens is 1. The van der Waals surface area contributed by atoms with E-state index in [4.69, 9.17) is 4.74 Å². The maximum atomic E-state index is 13.3. The van der Waals surface area contributed by atoms with E-state index >= 15 is 0 Å². The monoisotopic (exact) mass is 405 g/mol. The Morgan fingerprint density at radius 3 is 2.75 bits per heavy atom. The molecule has 5 nitrogen and oxygen atoms in total. The van der Waals surface area contributed by atoms with Gasteiger partial charge in [-0.15, -0.1) is 12.4 Å². The molecule has 28 heavy (non-hydrogen) atoms. The molecule has 1 saturated heterocycles. The molecule has 1 atom stereocenters. The third-order valence-corrected chi connectivity index (χ3v) is 6.15. The molecule has 1 saturated carbocycles. The van der Waals surface area contributed by atoms with E-state index in [2.05, 4.69) is 29.1 Å². The lowest BCUT2D eigenvalue weighted by molar-refractivity contribution is 0.0710. The molecule has 1 N–H and O–H groups in total. The van der Waals surface area contributed by atoms with E-state index in [1.165, 1.54) is 32.1 Å². The van der Waals surface area contributed by atoms with Crippen LogP contribution in [0.1, 0.15) is 49.4 Å². The first-order valence-electron chi connectivity index (χ1n) is 10.4. The minimum atomic E-state index is 0. The molecule has 2 heterocycles. The third-order valence-electron chi connectivity index (χ3n) is 6.15. The first-order valence-corrected chi connectivity index (χ1v) is 10.4. The Morgan fingerprint density at radius 2 is 2.04 bits per heavy atom. The highest BCUT2D eigenvalue weighted by Gasteiger charge is 2.26. The summed E-state index contributed by atoms with van der Waals surface area (Å²) in [5, 5.41) is 4.43. The second kappa shape index (κ2) is 9.19. The zero-order chi connectivity index (χ0) is 18.8. The number of nitrogens with zero attached hydrogens (tertiary/aromatic N) is 2. The van der Waals surface area contributed by atoms with E-state index in [-0.39, 0.29) is 18.3 Å². The van der Waals surface area contributed by atoms with Gasteiger partial charge >= 0.3 is 0 Å². The largest absolute Gasteiger partial charge is 0.495 e. The van der Waals surface area contributed by atoms with Gasteiger partial charge in [-0.05, 0) is 31.7 Å². The number of fused-ring (bicyclic) bond motifs is 1. The van der Waals surface area contributed by atoms with E-state index in [0.717, 1.165) is 48.4 Å². The first kappa shape index (κ1) is 21.0. The molecule has 1 amide bonds. The van der Waals surface area contributed by atoms with Gasteiger partial charge in [0.25, 0.3) is 5.91 Å². The molecule has 0 unspecified atom stereocenters. The van der Waals surface area contributed by atoms with Crippen LogP contribution in [0.25, 0.3) is 10.9 Å². The number of nitrogens with one attached hydrogen (secondary N) is 1. The predicted molar refractivity (Wildman–Crippen MR) is 116 cm³/mol. The fourth-order valence-electron chi connectivity index (χ4n) is 4.74. The van der Waals surface area contributed by atoms with Crippen molar-refractivity contribution >= 4 is 29.2 Å². The second-order valence-electron chi connectivity index (χ2n) is 8.16. The minimum absolute atomic E-state index is 0. The Balaban J connectivity index is 0.00000225. The molecular formula is C22H32ClN3O2. The first-order chi connectivity index (χ1) is 13.2. The molecule has 0 bridgehead atoms. The molecule has 2 aromatic rings. The minimum Gasteiger partial charge on any atom is -0.495 e. The average molecular weight is 406 g/mol. The van der Waals surface area contributed by atoms with Gasteiger partial charge in [0, 0.05) is 43.8 Å². The summed E-state index contributed by atoms with van der Waals surface area (Å²) >= 11 is 0. The molecule has 6 heteroatoms. The van der Waals surface area contributed by atoms with Gasteiger partial charge in [-0.25, -0.2) is 0 Å². The number of piperazine rings is 1. The molecule has 1 aliphatic carbocycles. The summed E-state index contributed by atoms with van der Waals surface area (Å²) in [5.74, 6) is 1.70. The fraction of sp³-hybridized carbons (Fsp3) is 0.591. The lowest BCUT2D eigenvalue weighted by Crippen LogP contribution is -2.51. The van der Waals surface area contributed by atoms with Crippen LogP contribution in [0.3, 0.4) is 0 Å². The van der Waals surface area contributed by atoms with Crippen molar-refractivity contribution in [2.24, 2.45) is 5.92 Å². The van der Waals surface area contributed by atoms with Gasteiger partial charge in [-0.1, -0.05) is 31.4 Å². The number of amides is 1. The molecule has 2 fully saturated rings. The summed E-state index contributed by atoms with van der Waals surface area (Å²) in [5.41, 5.74) is 1.88. The molecular weight excluding hydrogens is 374 g/mol. The van der Waals surface area contributed by atoms with Gasteiger partial charge in [-0.2, -0.15) is 0 Å². The van der Waals surface area contributed by atoms with Gasteiger partial charge in [0.2, 0.25) is 0 Å². The molecule has 0 radical (unpaired) electrons. The Morgan fingerprint density at radius 1 is 1.25 bits per heavy atom. The van der Waals surface area contributed by atoms with Gasteiger partial charge in [-0.3, -0.25) is 4.79 Å². The van der Waals surface area contributed by atoms with Crippen LogP contribution < -0.4 is 10.1 Å². The van der Waals surface area contributed by atoms with Crippen LogP contribution in [0.4, 0.5) is 0 Å². The summed E-state index contributed by atoms with van der Waals surface area (Å²) in [6, 6.07) is 6.39. The van der Waals surface area contributed by atoms with Crippen LogP contribution in [-0.4, -0.2) is 48.2 Å². The van der Waals surface area contributed by atoms with Gasteiger partial charge in [0.15, 0.2) is 0 Å². The third kappa shape index (κ3) is 4.15. The number of ether oxygens (including phenoxy) is 1. The molecule has 1 aromatic carbocycles. The van der Waals surface area contributed by atoms with Crippen molar-refractivity contribution in [3.8, 4) is 5.75 Å². The number of carbonyl (C=O) groups is 1. The highest BCUT2D eigenvalue weighted by atomic mass is 35.5. The number of para-hydroxylation sites is 1. The van der Waals surface area contributed by atoms with Crippen molar-refractivity contribution in [1.29, 1.82) is 0 Å². The van der Waals surface area contributed by atoms with Crippen LogP contribution in [0, 0.1) is 5.92 Å². The van der Waals surface area contributed by atoms with E-state index < -0.39 is 0 Å². The van der Waals surface area contributed by atoms with Crippen LogP contribution in [0.2, 0.25) is 0 Å². The fourth-order valence-corrected chi connectivity index (χ4v) is 4.74. The molecule has 0 spiro atoms. The van der Waals surface area contributed by atoms with E-state index in [0.29, 0.717) is 12.0 Å². The molecule has 4 rings (SSSR count). The highest BCUT2D eigenvalue weighted by molar-refractivity contribution is 6.08. The van der Waals surface area contributed by atoms with Gasteiger partial charge in [0.1, 0.15) is 5.75 Å². The smallest absolute Gasteiger partial charge is 0.256 e. The number of methoxy groups -OCH3 is 1. The Kier molecular flexibility index (Phi) is 6.89. The SMILES string of the molecule is COc1cccc2c(C(=O)N3CCN[C@H](C)C3)cn(CC3CCCCC3)c12.Cl. The number of carbonyl (C=O) groups excluding carboxylic acids is 1. The van der Waals surface area contributed by atoms with E-state index in [9.17, 15) is 4.79 Å². The number of hydrogen-bond donors (Lipinski definition) is 1. The van der Waals surface area contributed by atoms with Crippen LogP contribution in [0.15, 0.2) is 24.4 Å². The molecule has 1 aliphatic heterocycles. The second-order valence-corrected chi connectivity index (χ2v) is 8.16. The number of benzene rings is 1. The maximum Gasteiger partial charge on any atom is 0.256 e. The van der Waals surface area contributed by atoms with Crippen LogP contribution in [0.5, 0.6) is 5.75 Å². The average Bonchev–Trinajstić information content (AvgIpc) is 3.07. The molecule has 2 aliphatic rings. The van der Waals surface area contributed by atoms with Crippen molar-refractivity contribution in [2.45, 2.75) is 51.6 Å². The maximum absolute atomic E-state index is 13.3. The van der Waals surface area contributed by atoms with Crippen molar-refractivity contribution < 1.29 is 9.53 Å². The number of aromatic nitrogens is 1. The molecule has 1 aromatic heterocycles. The van der Waals surface area contributed by atoms with Crippen LogP contribution >= 0.6 is 12.4 Å². The summed E-state index contributed by atoms with van der Waals surface area (Å²) in [6.07, 6.45) is 8.66. The highest BCUT2D eigenvalue weighted by Crippen LogP contribution is 2.33. The number of rotatable bonds is 4. The summed E-state index contributed by atoms with van der Waals surface area (Å²) in [6.45, 7) is 5.49. The van der Waals surface area contributed by atoms with E-state index in [1.54, 1.807) is 7.11 Å². The predicted octanol–water partition coefficient (Wildman–Crippen LogP) is 4.09. The summed E-state index contributed by atoms with van der Waals surface area (Å²) in [7, 11) is 1.71. The van der Waals surface area contributed by atoms with Crippen molar-refractivity contribution in [1.82, 2.24) is 14.8 Å².